The summed E-state index contributed by atoms with van der Waals surface area (Å²) < 4.78 is 5.61. The lowest BCUT2D eigenvalue weighted by Crippen LogP contribution is -2.09. The molecule has 1 saturated carbocycles. The summed E-state index contributed by atoms with van der Waals surface area (Å²) in [6, 6.07) is 1.91. The summed E-state index contributed by atoms with van der Waals surface area (Å²) in [5.41, 5.74) is 1.66. The highest BCUT2D eigenvalue weighted by molar-refractivity contribution is 9.10. The molecule has 1 heterocycles. The number of esters is 1. The standard InChI is InChI=1S/C11H12BrNO2/c1-2-15-11(14)9-8(7-3-4-7)5-6-13-10(9)12/h5-7H,2-4H2,1H3. The number of hydrogen-bond acceptors (Lipinski definition) is 3. The third kappa shape index (κ3) is 2.20. The molecule has 0 atom stereocenters. The van der Waals surface area contributed by atoms with Gasteiger partial charge in [-0.2, -0.15) is 0 Å². The van der Waals surface area contributed by atoms with Crippen LogP contribution in [0.3, 0.4) is 0 Å². The van der Waals surface area contributed by atoms with Gasteiger partial charge in [0.2, 0.25) is 0 Å². The van der Waals surface area contributed by atoms with Crippen LogP contribution in [0.15, 0.2) is 16.9 Å². The lowest BCUT2D eigenvalue weighted by Gasteiger charge is -2.08. The molecule has 1 aromatic rings. The Balaban J connectivity index is 2.37. The quantitative estimate of drug-likeness (QED) is 0.626. The Morgan fingerprint density at radius 2 is 2.40 bits per heavy atom. The van der Waals surface area contributed by atoms with E-state index in [0.29, 0.717) is 22.7 Å². The molecule has 80 valence electrons. The van der Waals surface area contributed by atoms with E-state index in [1.165, 1.54) is 0 Å². The van der Waals surface area contributed by atoms with Crippen LogP contribution in [0, 0.1) is 0 Å². The largest absolute Gasteiger partial charge is 0.462 e. The van der Waals surface area contributed by atoms with Gasteiger partial charge >= 0.3 is 5.97 Å². The van der Waals surface area contributed by atoms with E-state index in [9.17, 15) is 4.79 Å². The zero-order valence-electron chi connectivity index (χ0n) is 8.50. The number of nitrogens with zero attached hydrogens (tertiary/aromatic N) is 1. The molecular formula is C11H12BrNO2. The maximum absolute atomic E-state index is 11.7. The number of carbonyl (C=O) groups is 1. The smallest absolute Gasteiger partial charge is 0.341 e. The summed E-state index contributed by atoms with van der Waals surface area (Å²) in [6.07, 6.45) is 4.03. The summed E-state index contributed by atoms with van der Waals surface area (Å²) in [6.45, 7) is 2.20. The molecule has 0 aromatic carbocycles. The van der Waals surface area contributed by atoms with Gasteiger partial charge in [0, 0.05) is 6.20 Å². The van der Waals surface area contributed by atoms with Gasteiger partial charge in [0.15, 0.2) is 0 Å². The van der Waals surface area contributed by atoms with E-state index >= 15 is 0 Å². The monoisotopic (exact) mass is 269 g/mol. The van der Waals surface area contributed by atoms with Gasteiger partial charge in [0.1, 0.15) is 4.60 Å². The maximum atomic E-state index is 11.7. The lowest BCUT2D eigenvalue weighted by atomic mass is 10.1. The van der Waals surface area contributed by atoms with Crippen LogP contribution in [0.2, 0.25) is 0 Å². The number of rotatable bonds is 3. The molecule has 2 rings (SSSR count). The van der Waals surface area contributed by atoms with Crippen molar-refractivity contribution >= 4 is 21.9 Å². The average molecular weight is 270 g/mol. The van der Waals surface area contributed by atoms with E-state index in [4.69, 9.17) is 4.74 Å². The van der Waals surface area contributed by atoms with Crippen molar-refractivity contribution in [3.8, 4) is 0 Å². The second-order valence-electron chi connectivity index (χ2n) is 3.56. The number of aromatic nitrogens is 1. The summed E-state index contributed by atoms with van der Waals surface area (Å²) in [5, 5.41) is 0. The lowest BCUT2D eigenvalue weighted by molar-refractivity contribution is 0.0523. The molecular weight excluding hydrogens is 258 g/mol. The van der Waals surface area contributed by atoms with Crippen molar-refractivity contribution < 1.29 is 9.53 Å². The molecule has 1 aromatic heterocycles. The van der Waals surface area contributed by atoms with Crippen LogP contribution >= 0.6 is 15.9 Å². The van der Waals surface area contributed by atoms with Gasteiger partial charge in [-0.05, 0) is 53.2 Å². The highest BCUT2D eigenvalue weighted by atomic mass is 79.9. The van der Waals surface area contributed by atoms with Crippen LogP contribution in [0.25, 0.3) is 0 Å². The molecule has 0 unspecified atom stereocenters. The number of pyridine rings is 1. The van der Waals surface area contributed by atoms with Crippen molar-refractivity contribution in [1.82, 2.24) is 4.98 Å². The molecule has 0 spiro atoms. The highest BCUT2D eigenvalue weighted by Gasteiger charge is 2.30. The van der Waals surface area contributed by atoms with Crippen molar-refractivity contribution in [3.05, 3.63) is 28.0 Å². The maximum Gasteiger partial charge on any atom is 0.341 e. The predicted octanol–water partition coefficient (Wildman–Crippen LogP) is 2.90. The molecule has 0 radical (unpaired) electrons. The topological polar surface area (TPSA) is 39.2 Å². The Hall–Kier alpha value is -0.900. The zero-order valence-corrected chi connectivity index (χ0v) is 10.1. The van der Waals surface area contributed by atoms with E-state index in [-0.39, 0.29) is 5.97 Å². The first-order valence-electron chi connectivity index (χ1n) is 5.05. The molecule has 1 fully saturated rings. The van der Waals surface area contributed by atoms with Gasteiger partial charge in [-0.25, -0.2) is 9.78 Å². The van der Waals surface area contributed by atoms with Crippen molar-refractivity contribution in [3.63, 3.8) is 0 Å². The molecule has 0 N–H and O–H groups in total. The SMILES string of the molecule is CCOC(=O)c1c(C2CC2)ccnc1Br. The van der Waals surface area contributed by atoms with Gasteiger partial charge in [-0.15, -0.1) is 0 Å². The Labute approximate surface area is 97.0 Å². The molecule has 3 nitrogen and oxygen atoms in total. The van der Waals surface area contributed by atoms with Crippen molar-refractivity contribution in [1.29, 1.82) is 0 Å². The fourth-order valence-corrected chi connectivity index (χ4v) is 2.10. The first-order valence-corrected chi connectivity index (χ1v) is 5.84. The summed E-state index contributed by atoms with van der Waals surface area (Å²) in [7, 11) is 0. The van der Waals surface area contributed by atoms with E-state index in [0.717, 1.165) is 18.4 Å². The summed E-state index contributed by atoms with van der Waals surface area (Å²) >= 11 is 3.30. The molecule has 1 aliphatic rings. The normalized spacial score (nSPS) is 15.1. The molecule has 0 bridgehead atoms. The van der Waals surface area contributed by atoms with E-state index < -0.39 is 0 Å². The van der Waals surface area contributed by atoms with Crippen LogP contribution in [-0.4, -0.2) is 17.6 Å². The van der Waals surface area contributed by atoms with Crippen molar-refractivity contribution in [2.24, 2.45) is 0 Å². The second-order valence-corrected chi connectivity index (χ2v) is 4.31. The summed E-state index contributed by atoms with van der Waals surface area (Å²) in [5.74, 6) is 0.239. The van der Waals surface area contributed by atoms with Crippen LogP contribution in [-0.2, 0) is 4.74 Å². The summed E-state index contributed by atoms with van der Waals surface area (Å²) in [4.78, 5) is 15.8. The Kier molecular flexibility index (Phi) is 3.05. The van der Waals surface area contributed by atoms with Crippen LogP contribution < -0.4 is 0 Å². The van der Waals surface area contributed by atoms with Crippen molar-refractivity contribution in [2.45, 2.75) is 25.7 Å². The number of hydrogen-bond donors (Lipinski definition) is 0. The van der Waals surface area contributed by atoms with Crippen LogP contribution in [0.1, 0.15) is 41.6 Å². The number of halogens is 1. The highest BCUT2D eigenvalue weighted by Crippen LogP contribution is 2.42. The van der Waals surface area contributed by atoms with Gasteiger partial charge in [-0.1, -0.05) is 0 Å². The minimum Gasteiger partial charge on any atom is -0.462 e. The third-order valence-corrected chi connectivity index (χ3v) is 3.03. The molecule has 15 heavy (non-hydrogen) atoms. The van der Waals surface area contributed by atoms with Crippen LogP contribution in [0.4, 0.5) is 0 Å². The van der Waals surface area contributed by atoms with Gasteiger partial charge < -0.3 is 4.74 Å². The zero-order chi connectivity index (χ0) is 10.8. The van der Waals surface area contributed by atoms with E-state index in [2.05, 4.69) is 20.9 Å². The first kappa shape index (κ1) is 10.6. The van der Waals surface area contributed by atoms with E-state index in [1.54, 1.807) is 13.1 Å². The number of ether oxygens (including phenoxy) is 1. The predicted molar refractivity (Wildman–Crippen MR) is 59.9 cm³/mol. The molecule has 0 amide bonds. The van der Waals surface area contributed by atoms with Gasteiger partial charge in [-0.3, -0.25) is 0 Å². The van der Waals surface area contributed by atoms with Gasteiger partial charge in [0.25, 0.3) is 0 Å². The fraction of sp³-hybridized carbons (Fsp3) is 0.455. The Morgan fingerprint density at radius 1 is 1.67 bits per heavy atom. The Bertz CT molecular complexity index is 388. The van der Waals surface area contributed by atoms with Crippen LogP contribution in [0.5, 0.6) is 0 Å². The minimum atomic E-state index is -0.278. The third-order valence-electron chi connectivity index (χ3n) is 2.43. The number of carbonyl (C=O) groups excluding carboxylic acids is 1. The molecule has 0 aliphatic heterocycles. The first-order chi connectivity index (χ1) is 7.24. The van der Waals surface area contributed by atoms with Crippen molar-refractivity contribution in [2.75, 3.05) is 6.61 Å². The molecule has 1 aliphatic carbocycles. The fourth-order valence-electron chi connectivity index (χ4n) is 1.59. The average Bonchev–Trinajstić information content (AvgIpc) is 3.00. The molecule has 4 heteroatoms. The molecule has 0 saturated heterocycles. The van der Waals surface area contributed by atoms with E-state index in [1.807, 2.05) is 6.07 Å². The second kappa shape index (κ2) is 4.31. The van der Waals surface area contributed by atoms with Gasteiger partial charge in [0.05, 0.1) is 12.2 Å². The minimum absolute atomic E-state index is 0.278. The Morgan fingerprint density at radius 3 is 3.00 bits per heavy atom.